The van der Waals surface area contributed by atoms with E-state index in [1.165, 1.54) is 11.8 Å². The molecule has 2 heterocycles. The van der Waals surface area contributed by atoms with E-state index in [1.54, 1.807) is 11.7 Å². The van der Waals surface area contributed by atoms with Crippen molar-refractivity contribution in [3.05, 3.63) is 65.2 Å². The standard InChI is InChI=1S/C27H33N5O6S/c1-32-27(29-30-31-32)39-17-22-15-23(19-9-7-18(16-33)8-10-19)38-26(37-22)20-11-13-21(14-12-20)28-24(34)5-3-2-4-6-25(35)36/h7-14,22-23,26,33H,2-6,15-17H2,1H3,(H,28,34)(H,35,36)/t22-,23+,26+/m1/s1. The summed E-state index contributed by atoms with van der Waals surface area (Å²) in [5.74, 6) is -0.283. The van der Waals surface area contributed by atoms with Crippen LogP contribution in [0.15, 0.2) is 53.7 Å². The number of aliphatic hydroxyl groups excluding tert-OH is 1. The largest absolute Gasteiger partial charge is 0.481 e. The number of tetrazole rings is 1. The number of rotatable bonds is 13. The summed E-state index contributed by atoms with van der Waals surface area (Å²) in [5.41, 5.74) is 3.34. The molecule has 0 radical (unpaired) electrons. The number of nitrogens with zero attached hydrogens (tertiary/aromatic N) is 4. The molecule has 1 aliphatic heterocycles. The number of aryl methyl sites for hydroxylation is 1. The summed E-state index contributed by atoms with van der Waals surface area (Å²) in [7, 11) is 1.79. The molecule has 39 heavy (non-hydrogen) atoms. The fourth-order valence-electron chi connectivity index (χ4n) is 4.22. The Morgan fingerprint density at radius 1 is 1.03 bits per heavy atom. The highest BCUT2D eigenvalue weighted by Gasteiger charge is 2.32. The Morgan fingerprint density at radius 2 is 1.74 bits per heavy atom. The zero-order valence-corrected chi connectivity index (χ0v) is 22.5. The monoisotopic (exact) mass is 555 g/mol. The van der Waals surface area contributed by atoms with Gasteiger partial charge in [0.15, 0.2) is 6.29 Å². The molecule has 12 heteroatoms. The van der Waals surface area contributed by atoms with Gasteiger partial charge in [0.25, 0.3) is 0 Å². The molecule has 0 bridgehead atoms. The van der Waals surface area contributed by atoms with Crippen LogP contribution in [-0.2, 0) is 32.7 Å². The number of hydrogen-bond acceptors (Lipinski definition) is 9. The van der Waals surface area contributed by atoms with Crippen LogP contribution in [0.2, 0.25) is 0 Å². The molecule has 1 amide bonds. The van der Waals surface area contributed by atoms with Crippen molar-refractivity contribution in [1.29, 1.82) is 0 Å². The van der Waals surface area contributed by atoms with Gasteiger partial charge in [-0.1, -0.05) is 54.6 Å². The normalized spacial score (nSPS) is 19.1. The Bertz CT molecular complexity index is 1220. The van der Waals surface area contributed by atoms with Gasteiger partial charge in [-0.25, -0.2) is 4.68 Å². The second-order valence-corrected chi connectivity index (χ2v) is 10.4. The Balaban J connectivity index is 1.38. The van der Waals surface area contributed by atoms with Crippen molar-refractivity contribution in [2.75, 3.05) is 11.1 Å². The number of benzene rings is 2. The van der Waals surface area contributed by atoms with Crippen molar-refractivity contribution in [2.45, 2.75) is 68.8 Å². The maximum Gasteiger partial charge on any atom is 0.303 e. The lowest BCUT2D eigenvalue weighted by molar-refractivity contribution is -0.245. The first kappa shape index (κ1) is 28.7. The smallest absolute Gasteiger partial charge is 0.303 e. The fraction of sp³-hybridized carbons (Fsp3) is 0.444. The number of anilines is 1. The molecule has 11 nitrogen and oxygen atoms in total. The Kier molecular flexibility index (Phi) is 10.4. The van der Waals surface area contributed by atoms with E-state index in [-0.39, 0.29) is 31.1 Å². The van der Waals surface area contributed by atoms with Crippen LogP contribution < -0.4 is 5.32 Å². The van der Waals surface area contributed by atoms with Crippen LogP contribution >= 0.6 is 11.8 Å². The number of amides is 1. The zero-order valence-electron chi connectivity index (χ0n) is 21.7. The molecule has 1 aliphatic rings. The van der Waals surface area contributed by atoms with Crippen LogP contribution in [0.3, 0.4) is 0 Å². The van der Waals surface area contributed by atoms with Crippen molar-refractivity contribution in [3.8, 4) is 0 Å². The number of aromatic nitrogens is 4. The molecule has 3 aromatic rings. The minimum Gasteiger partial charge on any atom is -0.481 e. The minimum atomic E-state index is -0.816. The molecule has 1 fully saturated rings. The topological polar surface area (TPSA) is 149 Å². The summed E-state index contributed by atoms with van der Waals surface area (Å²) in [6, 6.07) is 15.1. The van der Waals surface area contributed by atoms with Crippen LogP contribution in [0.25, 0.3) is 0 Å². The summed E-state index contributed by atoms with van der Waals surface area (Å²) in [4.78, 5) is 22.9. The molecule has 3 N–H and O–H groups in total. The van der Waals surface area contributed by atoms with Crippen molar-refractivity contribution in [1.82, 2.24) is 20.2 Å². The maximum absolute atomic E-state index is 12.3. The van der Waals surface area contributed by atoms with Crippen LogP contribution in [0.5, 0.6) is 0 Å². The minimum absolute atomic E-state index is 0.0177. The number of thioether (sulfide) groups is 1. The van der Waals surface area contributed by atoms with Gasteiger partial charge < -0.3 is 25.0 Å². The van der Waals surface area contributed by atoms with Crippen LogP contribution in [0.1, 0.15) is 67.6 Å². The average Bonchev–Trinajstić information content (AvgIpc) is 3.36. The second-order valence-electron chi connectivity index (χ2n) is 9.37. The van der Waals surface area contributed by atoms with E-state index in [2.05, 4.69) is 20.8 Å². The van der Waals surface area contributed by atoms with E-state index in [0.29, 0.717) is 48.7 Å². The SMILES string of the molecule is Cn1nnnc1SC[C@H]1C[C@@H](c2ccc(CO)cc2)O[C@@H](c2ccc(NC(=O)CCCCCC(=O)O)cc2)O1. The number of hydrogen-bond donors (Lipinski definition) is 3. The molecule has 2 aromatic carbocycles. The summed E-state index contributed by atoms with van der Waals surface area (Å²) >= 11 is 1.52. The summed E-state index contributed by atoms with van der Waals surface area (Å²) in [6.07, 6.45) is 2.08. The molecule has 3 atom stereocenters. The first-order valence-corrected chi connectivity index (χ1v) is 13.9. The van der Waals surface area contributed by atoms with Crippen LogP contribution in [0.4, 0.5) is 5.69 Å². The highest BCUT2D eigenvalue weighted by molar-refractivity contribution is 7.99. The number of carboxylic acids is 1. The van der Waals surface area contributed by atoms with Crippen LogP contribution in [0, 0.1) is 0 Å². The molecule has 1 aromatic heterocycles. The first-order valence-electron chi connectivity index (χ1n) is 12.9. The molecular weight excluding hydrogens is 522 g/mol. The molecule has 1 saturated heterocycles. The van der Waals surface area contributed by atoms with Crippen molar-refractivity contribution >= 4 is 29.3 Å². The maximum atomic E-state index is 12.3. The van der Waals surface area contributed by atoms with E-state index in [0.717, 1.165) is 16.7 Å². The van der Waals surface area contributed by atoms with Gasteiger partial charge in [-0.2, -0.15) is 0 Å². The Hall–Kier alpha value is -3.32. The fourth-order valence-corrected chi connectivity index (χ4v) is 5.09. The third-order valence-corrected chi connectivity index (χ3v) is 7.50. The number of carbonyl (C=O) groups is 2. The number of unbranched alkanes of at least 4 members (excludes halogenated alkanes) is 2. The summed E-state index contributed by atoms with van der Waals surface area (Å²) in [5, 5.41) is 33.3. The van der Waals surface area contributed by atoms with Gasteiger partial charge in [-0.15, -0.1) is 5.10 Å². The third kappa shape index (κ3) is 8.59. The van der Waals surface area contributed by atoms with Gasteiger partial charge >= 0.3 is 5.97 Å². The summed E-state index contributed by atoms with van der Waals surface area (Å²) in [6.45, 7) is -0.0177. The molecule has 0 unspecified atom stereocenters. The lowest BCUT2D eigenvalue weighted by Gasteiger charge is -2.36. The molecule has 4 rings (SSSR count). The lowest BCUT2D eigenvalue weighted by Crippen LogP contribution is -2.31. The predicted molar refractivity (Wildman–Crippen MR) is 144 cm³/mol. The molecule has 0 spiro atoms. The average molecular weight is 556 g/mol. The van der Waals surface area contributed by atoms with Gasteiger partial charge in [0.2, 0.25) is 11.1 Å². The van der Waals surface area contributed by atoms with Gasteiger partial charge in [-0.3, -0.25) is 9.59 Å². The van der Waals surface area contributed by atoms with Gasteiger partial charge in [0.05, 0.1) is 18.8 Å². The Morgan fingerprint density at radius 3 is 2.41 bits per heavy atom. The quantitative estimate of drug-likeness (QED) is 0.209. The van der Waals surface area contributed by atoms with E-state index < -0.39 is 12.3 Å². The van der Waals surface area contributed by atoms with Crippen molar-refractivity contribution in [2.24, 2.45) is 7.05 Å². The number of ether oxygens (including phenoxy) is 2. The molecular formula is C27H33N5O6S. The van der Waals surface area contributed by atoms with Crippen molar-refractivity contribution < 1.29 is 29.3 Å². The highest BCUT2D eigenvalue weighted by Crippen LogP contribution is 2.39. The van der Waals surface area contributed by atoms with E-state index in [4.69, 9.17) is 14.6 Å². The number of aliphatic hydroxyl groups is 1. The zero-order chi connectivity index (χ0) is 27.6. The Labute approximate surface area is 230 Å². The number of nitrogens with one attached hydrogen (secondary N) is 1. The second kappa shape index (κ2) is 14.2. The van der Waals surface area contributed by atoms with E-state index in [1.807, 2.05) is 48.5 Å². The number of carboxylic acid groups (broad SMARTS) is 1. The first-order chi connectivity index (χ1) is 18.9. The van der Waals surface area contributed by atoms with Gasteiger partial charge in [0.1, 0.15) is 0 Å². The number of carbonyl (C=O) groups excluding carboxylic acids is 1. The van der Waals surface area contributed by atoms with Crippen LogP contribution in [-0.4, -0.2) is 54.2 Å². The van der Waals surface area contributed by atoms with Crippen molar-refractivity contribution in [3.63, 3.8) is 0 Å². The number of aliphatic carboxylic acids is 1. The molecule has 0 aliphatic carbocycles. The van der Waals surface area contributed by atoms with E-state index in [9.17, 15) is 14.7 Å². The lowest BCUT2D eigenvalue weighted by atomic mass is 10.0. The molecule has 208 valence electrons. The summed E-state index contributed by atoms with van der Waals surface area (Å²) < 4.78 is 14.3. The van der Waals surface area contributed by atoms with Gasteiger partial charge in [0, 0.05) is 43.3 Å². The van der Waals surface area contributed by atoms with Gasteiger partial charge in [-0.05, 0) is 46.5 Å². The highest BCUT2D eigenvalue weighted by atomic mass is 32.2. The third-order valence-electron chi connectivity index (χ3n) is 6.36. The molecule has 0 saturated carbocycles. The predicted octanol–water partition coefficient (Wildman–Crippen LogP) is 4.01. The van der Waals surface area contributed by atoms with E-state index >= 15 is 0 Å².